The fourth-order valence-electron chi connectivity index (χ4n) is 2.62. The molecule has 1 aliphatic heterocycles. The molecule has 1 heterocycles. The largest absolute Gasteiger partial charge is 0.491 e. The summed E-state index contributed by atoms with van der Waals surface area (Å²) in [5, 5.41) is 2.68. The molecule has 0 bridgehead atoms. The summed E-state index contributed by atoms with van der Waals surface area (Å²) < 4.78 is 5.54. The Labute approximate surface area is 145 Å². The zero-order chi connectivity index (χ0) is 18.0. The highest BCUT2D eigenvalue weighted by Gasteiger charge is 2.36. The summed E-state index contributed by atoms with van der Waals surface area (Å²) in [5.74, 6) is -0.631. The summed E-state index contributed by atoms with van der Waals surface area (Å²) in [5.41, 5.74) is 1.23. The molecule has 1 aliphatic rings. The Morgan fingerprint density at radius 2 is 1.56 bits per heavy atom. The molecule has 3 amide bonds. The summed E-state index contributed by atoms with van der Waals surface area (Å²) >= 11 is 0. The molecular weight excluding hydrogens is 320 g/mol. The number of anilines is 1. The van der Waals surface area contributed by atoms with Gasteiger partial charge in [0, 0.05) is 5.69 Å². The van der Waals surface area contributed by atoms with E-state index in [2.05, 4.69) is 5.32 Å². The second kappa shape index (κ2) is 6.76. The molecule has 0 radical (unpaired) electrons. The van der Waals surface area contributed by atoms with Gasteiger partial charge in [0.1, 0.15) is 12.3 Å². The number of benzene rings is 2. The first-order chi connectivity index (χ1) is 12.0. The van der Waals surface area contributed by atoms with Gasteiger partial charge in [-0.1, -0.05) is 12.1 Å². The second-order valence-electron chi connectivity index (χ2n) is 5.98. The van der Waals surface area contributed by atoms with E-state index in [0.717, 1.165) is 4.90 Å². The second-order valence-corrected chi connectivity index (χ2v) is 5.98. The standard InChI is InChI=1S/C19H18N2O4/c1-12(2)25-14-9-7-13(8-10-14)20-17(22)11-21-18(23)15-5-3-4-6-16(15)19(21)24/h3-10,12H,11H2,1-2H3,(H,20,22). The summed E-state index contributed by atoms with van der Waals surface area (Å²) in [6.45, 7) is 3.53. The Morgan fingerprint density at radius 3 is 2.08 bits per heavy atom. The number of carbonyl (C=O) groups is 3. The molecule has 128 valence electrons. The van der Waals surface area contributed by atoms with Crippen LogP contribution in [-0.2, 0) is 4.79 Å². The molecule has 0 unspecified atom stereocenters. The quantitative estimate of drug-likeness (QED) is 0.851. The molecule has 0 atom stereocenters. The first-order valence-electron chi connectivity index (χ1n) is 7.97. The predicted octanol–water partition coefficient (Wildman–Crippen LogP) is 2.71. The zero-order valence-corrected chi connectivity index (χ0v) is 14.0. The van der Waals surface area contributed by atoms with Crippen molar-refractivity contribution in [3.8, 4) is 5.75 Å². The van der Waals surface area contributed by atoms with E-state index in [1.807, 2.05) is 13.8 Å². The molecule has 3 rings (SSSR count). The molecule has 0 saturated carbocycles. The maximum Gasteiger partial charge on any atom is 0.262 e. The minimum Gasteiger partial charge on any atom is -0.491 e. The van der Waals surface area contributed by atoms with Crippen LogP contribution in [0.25, 0.3) is 0 Å². The zero-order valence-electron chi connectivity index (χ0n) is 14.0. The van der Waals surface area contributed by atoms with Crippen LogP contribution in [0.1, 0.15) is 34.6 Å². The smallest absolute Gasteiger partial charge is 0.262 e. The summed E-state index contributed by atoms with van der Waals surface area (Å²) in [6.07, 6.45) is 0.0641. The number of imide groups is 1. The highest BCUT2D eigenvalue weighted by molar-refractivity contribution is 6.22. The van der Waals surface area contributed by atoms with Crippen molar-refractivity contribution < 1.29 is 19.1 Å². The van der Waals surface area contributed by atoms with Gasteiger partial charge in [-0.25, -0.2) is 0 Å². The monoisotopic (exact) mass is 338 g/mol. The van der Waals surface area contributed by atoms with Gasteiger partial charge in [0.25, 0.3) is 11.8 Å². The summed E-state index contributed by atoms with van der Waals surface area (Å²) in [7, 11) is 0. The molecule has 25 heavy (non-hydrogen) atoms. The predicted molar refractivity (Wildman–Crippen MR) is 92.6 cm³/mol. The fraction of sp³-hybridized carbons (Fsp3) is 0.211. The number of nitrogens with one attached hydrogen (secondary N) is 1. The average molecular weight is 338 g/mol. The van der Waals surface area contributed by atoms with Crippen LogP contribution in [0.3, 0.4) is 0 Å². The van der Waals surface area contributed by atoms with Crippen molar-refractivity contribution in [2.24, 2.45) is 0 Å². The first kappa shape index (κ1) is 16.7. The Bertz CT molecular complexity index is 793. The van der Waals surface area contributed by atoms with E-state index >= 15 is 0 Å². The third kappa shape index (κ3) is 3.52. The Hall–Kier alpha value is -3.15. The van der Waals surface area contributed by atoms with Crippen molar-refractivity contribution in [2.75, 3.05) is 11.9 Å². The molecule has 2 aromatic carbocycles. The van der Waals surface area contributed by atoms with Crippen LogP contribution in [0.4, 0.5) is 5.69 Å². The van der Waals surface area contributed by atoms with Crippen LogP contribution in [-0.4, -0.2) is 35.3 Å². The molecule has 0 fully saturated rings. The minimum atomic E-state index is -0.448. The molecule has 1 N–H and O–H groups in total. The number of amides is 3. The SMILES string of the molecule is CC(C)Oc1ccc(NC(=O)CN2C(=O)c3ccccc3C2=O)cc1. The first-order valence-corrected chi connectivity index (χ1v) is 7.97. The van der Waals surface area contributed by atoms with E-state index in [-0.39, 0.29) is 12.6 Å². The number of fused-ring (bicyclic) bond motifs is 1. The van der Waals surface area contributed by atoms with E-state index in [1.165, 1.54) is 0 Å². The number of ether oxygens (including phenoxy) is 1. The third-order valence-electron chi connectivity index (χ3n) is 3.69. The third-order valence-corrected chi connectivity index (χ3v) is 3.69. The fourth-order valence-corrected chi connectivity index (χ4v) is 2.62. The van der Waals surface area contributed by atoms with E-state index in [9.17, 15) is 14.4 Å². The Kier molecular flexibility index (Phi) is 4.52. The van der Waals surface area contributed by atoms with Gasteiger partial charge in [-0.05, 0) is 50.2 Å². The van der Waals surface area contributed by atoms with Crippen molar-refractivity contribution in [1.29, 1.82) is 0 Å². The van der Waals surface area contributed by atoms with Crippen molar-refractivity contribution in [3.05, 3.63) is 59.7 Å². The minimum absolute atomic E-state index is 0.0641. The topological polar surface area (TPSA) is 75.7 Å². The Morgan fingerprint density at radius 1 is 1.00 bits per heavy atom. The van der Waals surface area contributed by atoms with Crippen LogP contribution in [0, 0.1) is 0 Å². The molecule has 6 heteroatoms. The average Bonchev–Trinajstić information content (AvgIpc) is 2.82. The number of rotatable bonds is 5. The van der Waals surface area contributed by atoms with Crippen molar-refractivity contribution in [3.63, 3.8) is 0 Å². The molecule has 6 nitrogen and oxygen atoms in total. The van der Waals surface area contributed by atoms with Crippen LogP contribution >= 0.6 is 0 Å². The summed E-state index contributed by atoms with van der Waals surface area (Å²) in [6, 6.07) is 13.5. The van der Waals surface area contributed by atoms with Gasteiger partial charge >= 0.3 is 0 Å². The van der Waals surface area contributed by atoms with Gasteiger partial charge in [0.2, 0.25) is 5.91 Å². The van der Waals surface area contributed by atoms with Crippen molar-refractivity contribution in [2.45, 2.75) is 20.0 Å². The lowest BCUT2D eigenvalue weighted by Gasteiger charge is -2.14. The van der Waals surface area contributed by atoms with Crippen molar-refractivity contribution >= 4 is 23.4 Å². The lowest BCUT2D eigenvalue weighted by molar-refractivity contribution is -0.116. The van der Waals surface area contributed by atoms with Crippen molar-refractivity contribution in [1.82, 2.24) is 4.90 Å². The van der Waals surface area contributed by atoms with Crippen LogP contribution in [0.2, 0.25) is 0 Å². The maximum atomic E-state index is 12.3. The van der Waals surface area contributed by atoms with Gasteiger partial charge in [-0.15, -0.1) is 0 Å². The van der Waals surface area contributed by atoms with Gasteiger partial charge in [-0.2, -0.15) is 0 Å². The molecule has 2 aromatic rings. The molecule has 0 saturated heterocycles. The normalized spacial score (nSPS) is 13.2. The van der Waals surface area contributed by atoms with E-state index < -0.39 is 17.7 Å². The highest BCUT2D eigenvalue weighted by atomic mass is 16.5. The Balaban J connectivity index is 1.64. The number of hydrogen-bond acceptors (Lipinski definition) is 4. The van der Waals surface area contributed by atoms with E-state index in [0.29, 0.717) is 22.6 Å². The molecule has 0 aromatic heterocycles. The molecular formula is C19H18N2O4. The lowest BCUT2D eigenvalue weighted by atomic mass is 10.1. The molecule has 0 aliphatic carbocycles. The van der Waals surface area contributed by atoms with E-state index in [1.54, 1.807) is 48.5 Å². The number of hydrogen-bond donors (Lipinski definition) is 1. The van der Waals surface area contributed by atoms with Gasteiger partial charge in [0.05, 0.1) is 17.2 Å². The summed E-state index contributed by atoms with van der Waals surface area (Å²) in [4.78, 5) is 37.6. The van der Waals surface area contributed by atoms with Gasteiger partial charge in [-0.3, -0.25) is 19.3 Å². The van der Waals surface area contributed by atoms with Gasteiger partial charge in [0.15, 0.2) is 0 Å². The number of nitrogens with zero attached hydrogens (tertiary/aromatic N) is 1. The molecule has 0 spiro atoms. The van der Waals surface area contributed by atoms with Crippen LogP contribution < -0.4 is 10.1 Å². The van der Waals surface area contributed by atoms with Crippen LogP contribution in [0.15, 0.2) is 48.5 Å². The van der Waals surface area contributed by atoms with Gasteiger partial charge < -0.3 is 10.1 Å². The highest BCUT2D eigenvalue weighted by Crippen LogP contribution is 2.22. The maximum absolute atomic E-state index is 12.3. The van der Waals surface area contributed by atoms with Crippen LogP contribution in [0.5, 0.6) is 5.75 Å². The number of carbonyl (C=O) groups excluding carboxylic acids is 3. The van der Waals surface area contributed by atoms with E-state index in [4.69, 9.17) is 4.74 Å². The lowest BCUT2D eigenvalue weighted by Crippen LogP contribution is -2.37.